The first kappa shape index (κ1) is 16.6. The molecule has 0 spiro atoms. The summed E-state index contributed by atoms with van der Waals surface area (Å²) in [7, 11) is 0. The number of hydrogen-bond acceptors (Lipinski definition) is 6. The largest absolute Gasteiger partial charge is 0.762 e. The number of carbonyl (C=O) groups is 1. The van der Waals surface area contributed by atoms with Gasteiger partial charge in [-0.05, 0) is 38.5 Å². The Hall–Kier alpha value is 0.200. The molecule has 2 unspecified atom stereocenters. The van der Waals surface area contributed by atoms with Crippen LogP contribution in [0.2, 0.25) is 0 Å². The number of likely N-dealkylation sites (tertiary alicyclic amines) is 1. The predicted octanol–water partition coefficient (Wildman–Crippen LogP) is 1.49. The van der Waals surface area contributed by atoms with Crippen molar-refractivity contribution in [2.24, 2.45) is 11.7 Å². The molecule has 116 valence electrons. The summed E-state index contributed by atoms with van der Waals surface area (Å²) in [5.74, 6) is 0.257. The summed E-state index contributed by atoms with van der Waals surface area (Å²) >= 11 is 2.42. The Balaban J connectivity index is 1.80. The second-order valence-electron chi connectivity index (χ2n) is 5.95. The lowest BCUT2D eigenvalue weighted by atomic mass is 9.83. The zero-order valence-corrected chi connectivity index (χ0v) is 13.7. The van der Waals surface area contributed by atoms with E-state index < -0.39 is 0 Å². The fourth-order valence-corrected chi connectivity index (χ4v) is 4.01. The van der Waals surface area contributed by atoms with Gasteiger partial charge in [0, 0.05) is 22.4 Å². The van der Waals surface area contributed by atoms with E-state index in [-0.39, 0.29) is 29.1 Å². The van der Waals surface area contributed by atoms with Crippen molar-refractivity contribution in [1.82, 2.24) is 10.1 Å². The van der Waals surface area contributed by atoms with Crippen LogP contribution >= 0.6 is 22.6 Å². The molecule has 7 heteroatoms. The van der Waals surface area contributed by atoms with Crippen LogP contribution in [-0.2, 0) is 4.79 Å². The molecule has 1 aliphatic carbocycles. The third-order valence-corrected chi connectivity index (χ3v) is 5.52. The van der Waals surface area contributed by atoms with Gasteiger partial charge in [0.2, 0.25) is 0 Å². The highest BCUT2D eigenvalue weighted by Crippen LogP contribution is 2.28. The fourth-order valence-electron chi connectivity index (χ4n) is 3.15. The van der Waals surface area contributed by atoms with Crippen LogP contribution in [0.25, 0.3) is 0 Å². The van der Waals surface area contributed by atoms with E-state index in [1.807, 2.05) is 0 Å². The maximum atomic E-state index is 12.3. The van der Waals surface area contributed by atoms with Crippen molar-refractivity contribution < 1.29 is 10.0 Å². The molecule has 2 rings (SSSR count). The SMILES string of the molecule is NC1CCC(I)CN1CC(=O)C1CCC(N([O-])O)CC1. The van der Waals surface area contributed by atoms with Gasteiger partial charge in [0.15, 0.2) is 0 Å². The number of rotatable bonds is 4. The minimum atomic E-state index is -0.338. The third kappa shape index (κ3) is 4.35. The lowest BCUT2D eigenvalue weighted by molar-refractivity contribution is -0.128. The van der Waals surface area contributed by atoms with Gasteiger partial charge in [0.05, 0.1) is 12.7 Å². The molecule has 1 saturated carbocycles. The molecular weight excluding hydrogens is 373 g/mol. The maximum Gasteiger partial charge on any atom is 0.149 e. The Morgan fingerprint density at radius 1 is 1.30 bits per heavy atom. The normalized spacial score (nSPS) is 36.2. The van der Waals surface area contributed by atoms with Gasteiger partial charge in [0.1, 0.15) is 5.78 Å². The molecule has 1 aliphatic heterocycles. The summed E-state index contributed by atoms with van der Waals surface area (Å²) in [4.78, 5) is 14.4. The molecule has 1 heterocycles. The summed E-state index contributed by atoms with van der Waals surface area (Å²) in [6, 6.07) is -0.338. The van der Waals surface area contributed by atoms with Crippen LogP contribution in [0.3, 0.4) is 0 Å². The Kier molecular flexibility index (Phi) is 6.18. The summed E-state index contributed by atoms with van der Waals surface area (Å²) in [6.45, 7) is 1.31. The zero-order valence-electron chi connectivity index (χ0n) is 11.6. The number of carbonyl (C=O) groups excluding carboxylic acids is 1. The average Bonchev–Trinajstić information content (AvgIpc) is 2.43. The van der Waals surface area contributed by atoms with Crippen LogP contribution in [0.15, 0.2) is 0 Å². The number of halogens is 1. The first-order valence-electron chi connectivity index (χ1n) is 7.29. The van der Waals surface area contributed by atoms with Crippen LogP contribution in [0.1, 0.15) is 38.5 Å². The Labute approximate surface area is 133 Å². The summed E-state index contributed by atoms with van der Waals surface area (Å²) in [5.41, 5.74) is 6.07. The van der Waals surface area contributed by atoms with Crippen LogP contribution in [0, 0.1) is 11.1 Å². The minimum absolute atomic E-state index is 0.00381. The van der Waals surface area contributed by atoms with Crippen LogP contribution in [0.5, 0.6) is 0 Å². The van der Waals surface area contributed by atoms with Crippen molar-refractivity contribution >= 4 is 28.4 Å². The molecule has 1 saturated heterocycles. The standard InChI is InChI=1S/C13H23IN3O3/c14-10-3-6-13(15)16(7-10)8-12(18)9-1-4-11(5-2-9)17(19)20/h9-11,13,19H,1-8,15H2/q-1. The topological polar surface area (TPSA) is 92.9 Å². The van der Waals surface area contributed by atoms with Gasteiger partial charge in [-0.3, -0.25) is 14.9 Å². The van der Waals surface area contributed by atoms with Gasteiger partial charge in [-0.2, -0.15) is 0 Å². The molecule has 2 fully saturated rings. The molecule has 0 aromatic heterocycles. The number of Topliss-reactive ketones (excluding diaryl/α,β-unsaturated/α-hetero) is 1. The lowest BCUT2D eigenvalue weighted by Gasteiger charge is -2.38. The Bertz CT molecular complexity index is 335. The molecule has 0 bridgehead atoms. The molecule has 6 nitrogen and oxygen atoms in total. The van der Waals surface area contributed by atoms with Gasteiger partial charge in [-0.1, -0.05) is 22.6 Å². The smallest absolute Gasteiger partial charge is 0.149 e. The molecule has 0 radical (unpaired) electrons. The van der Waals surface area contributed by atoms with Crippen molar-refractivity contribution in [3.63, 3.8) is 0 Å². The Morgan fingerprint density at radius 2 is 1.95 bits per heavy atom. The van der Waals surface area contributed by atoms with Crippen LogP contribution in [0.4, 0.5) is 0 Å². The van der Waals surface area contributed by atoms with E-state index in [2.05, 4.69) is 27.5 Å². The number of ketones is 1. The molecule has 20 heavy (non-hydrogen) atoms. The van der Waals surface area contributed by atoms with Gasteiger partial charge in [-0.25, -0.2) is 0 Å². The van der Waals surface area contributed by atoms with Crippen molar-refractivity contribution in [2.75, 3.05) is 13.1 Å². The second kappa shape index (κ2) is 7.46. The van der Waals surface area contributed by atoms with Crippen molar-refractivity contribution in [1.29, 1.82) is 0 Å². The van der Waals surface area contributed by atoms with Crippen molar-refractivity contribution in [3.05, 3.63) is 5.21 Å². The highest BCUT2D eigenvalue weighted by atomic mass is 127. The quantitative estimate of drug-likeness (QED) is 0.425. The molecule has 2 aliphatic rings. The molecule has 3 N–H and O–H groups in total. The van der Waals surface area contributed by atoms with E-state index in [0.717, 1.165) is 19.4 Å². The molecule has 0 aromatic carbocycles. The van der Waals surface area contributed by atoms with E-state index in [0.29, 0.717) is 36.2 Å². The number of hydroxylamine groups is 2. The number of hydrogen-bond donors (Lipinski definition) is 2. The molecule has 0 aromatic rings. The van der Waals surface area contributed by atoms with Crippen LogP contribution < -0.4 is 5.73 Å². The van der Waals surface area contributed by atoms with E-state index in [9.17, 15) is 10.0 Å². The van der Waals surface area contributed by atoms with Crippen LogP contribution in [-0.4, -0.2) is 50.3 Å². The average molecular weight is 396 g/mol. The first-order valence-corrected chi connectivity index (χ1v) is 8.53. The fraction of sp³-hybridized carbons (Fsp3) is 0.923. The van der Waals surface area contributed by atoms with E-state index in [4.69, 9.17) is 10.9 Å². The Morgan fingerprint density at radius 3 is 2.55 bits per heavy atom. The van der Waals surface area contributed by atoms with Gasteiger partial charge in [0.25, 0.3) is 0 Å². The first-order chi connectivity index (χ1) is 9.47. The minimum Gasteiger partial charge on any atom is -0.762 e. The number of nitrogens with two attached hydrogens (primary N) is 1. The number of piperidine rings is 1. The zero-order chi connectivity index (χ0) is 14.7. The molecule has 0 amide bonds. The lowest BCUT2D eigenvalue weighted by Crippen LogP contribution is -2.51. The summed E-state index contributed by atoms with van der Waals surface area (Å²) in [5, 5.41) is 19.8. The highest BCUT2D eigenvalue weighted by molar-refractivity contribution is 14.1. The van der Waals surface area contributed by atoms with Gasteiger partial charge < -0.3 is 16.1 Å². The summed E-state index contributed by atoms with van der Waals surface area (Å²) < 4.78 is 0.569. The monoisotopic (exact) mass is 396 g/mol. The second-order valence-corrected chi connectivity index (χ2v) is 7.71. The third-order valence-electron chi connectivity index (χ3n) is 4.50. The van der Waals surface area contributed by atoms with Crippen molar-refractivity contribution in [2.45, 2.75) is 54.7 Å². The van der Waals surface area contributed by atoms with E-state index >= 15 is 0 Å². The van der Waals surface area contributed by atoms with Gasteiger partial charge >= 0.3 is 0 Å². The van der Waals surface area contributed by atoms with Crippen molar-refractivity contribution in [3.8, 4) is 0 Å². The number of alkyl halides is 1. The van der Waals surface area contributed by atoms with Gasteiger partial charge in [-0.15, -0.1) is 0 Å². The van der Waals surface area contributed by atoms with E-state index in [1.54, 1.807) is 0 Å². The molecule has 2 atom stereocenters. The van der Waals surface area contributed by atoms with E-state index in [1.165, 1.54) is 0 Å². The maximum absolute atomic E-state index is 12.3. The highest BCUT2D eigenvalue weighted by Gasteiger charge is 2.31. The summed E-state index contributed by atoms with van der Waals surface area (Å²) in [6.07, 6.45) is 4.64. The predicted molar refractivity (Wildman–Crippen MR) is 84.3 cm³/mol. The number of nitrogens with zero attached hydrogens (tertiary/aromatic N) is 2. The molecular formula is C13H23IN3O3-.